The van der Waals surface area contributed by atoms with Gasteiger partial charge in [0, 0.05) is 18.8 Å². The van der Waals surface area contributed by atoms with Crippen LogP contribution in [0.3, 0.4) is 0 Å². The summed E-state index contributed by atoms with van der Waals surface area (Å²) in [5, 5.41) is 4.14. The molecule has 2 aromatic rings. The van der Waals surface area contributed by atoms with Gasteiger partial charge in [0.2, 0.25) is 5.88 Å². The van der Waals surface area contributed by atoms with Crippen LogP contribution >= 0.6 is 0 Å². The van der Waals surface area contributed by atoms with E-state index in [1.807, 2.05) is 19.2 Å². The van der Waals surface area contributed by atoms with Gasteiger partial charge in [-0.05, 0) is 6.07 Å². The Hall–Kier alpha value is -2.08. The second-order valence-corrected chi connectivity index (χ2v) is 3.80. The molecule has 0 radical (unpaired) electrons. The standard InChI is InChI=1S/C12H16N4O2/c1-16-11(9(17-2)7-15-16)10(13)8-5-4-6-14-12(8)18-3/h4-7,10H,13H2,1-3H3. The zero-order valence-corrected chi connectivity index (χ0v) is 10.6. The van der Waals surface area contributed by atoms with Gasteiger partial charge >= 0.3 is 0 Å². The summed E-state index contributed by atoms with van der Waals surface area (Å²) in [6, 6.07) is 3.29. The Balaban J connectivity index is 2.47. The van der Waals surface area contributed by atoms with Gasteiger partial charge in [-0.1, -0.05) is 6.07 Å². The van der Waals surface area contributed by atoms with Crippen LogP contribution in [0.2, 0.25) is 0 Å². The average Bonchev–Trinajstić information content (AvgIpc) is 2.79. The first-order valence-electron chi connectivity index (χ1n) is 5.49. The molecular formula is C12H16N4O2. The van der Waals surface area contributed by atoms with Gasteiger partial charge in [-0.2, -0.15) is 5.10 Å². The molecule has 6 heteroatoms. The molecule has 0 aliphatic carbocycles. The highest BCUT2D eigenvalue weighted by Crippen LogP contribution is 2.31. The van der Waals surface area contributed by atoms with Crippen molar-refractivity contribution in [2.75, 3.05) is 14.2 Å². The lowest BCUT2D eigenvalue weighted by molar-refractivity contribution is 0.386. The van der Waals surface area contributed by atoms with Crippen molar-refractivity contribution >= 4 is 0 Å². The lowest BCUT2D eigenvalue weighted by Crippen LogP contribution is -2.18. The fourth-order valence-electron chi connectivity index (χ4n) is 1.90. The first-order valence-corrected chi connectivity index (χ1v) is 5.49. The minimum Gasteiger partial charge on any atom is -0.493 e. The predicted octanol–water partition coefficient (Wildman–Crippen LogP) is 0.880. The van der Waals surface area contributed by atoms with E-state index in [9.17, 15) is 0 Å². The molecule has 2 aromatic heterocycles. The fourth-order valence-corrected chi connectivity index (χ4v) is 1.90. The Bertz CT molecular complexity index is 539. The third-order valence-corrected chi connectivity index (χ3v) is 2.79. The van der Waals surface area contributed by atoms with Crippen molar-refractivity contribution in [3.8, 4) is 11.6 Å². The van der Waals surface area contributed by atoms with Gasteiger partial charge in [0.25, 0.3) is 0 Å². The minimum atomic E-state index is -0.406. The molecule has 0 aromatic carbocycles. The lowest BCUT2D eigenvalue weighted by Gasteiger charge is -2.16. The minimum absolute atomic E-state index is 0.406. The number of hydrogen-bond donors (Lipinski definition) is 1. The fraction of sp³-hybridized carbons (Fsp3) is 0.333. The Labute approximate surface area is 105 Å². The SMILES string of the molecule is COc1cnn(C)c1C(N)c1cccnc1OC. The topological polar surface area (TPSA) is 75.2 Å². The maximum absolute atomic E-state index is 6.25. The number of aromatic nitrogens is 3. The number of nitrogens with two attached hydrogens (primary N) is 1. The molecule has 0 aliphatic heterocycles. The second kappa shape index (κ2) is 5.05. The molecule has 0 amide bonds. The molecule has 0 saturated carbocycles. The second-order valence-electron chi connectivity index (χ2n) is 3.80. The summed E-state index contributed by atoms with van der Waals surface area (Å²) in [6.45, 7) is 0. The first kappa shape index (κ1) is 12.4. The lowest BCUT2D eigenvalue weighted by atomic mass is 10.1. The van der Waals surface area contributed by atoms with E-state index in [0.29, 0.717) is 11.6 Å². The van der Waals surface area contributed by atoms with Crippen molar-refractivity contribution in [1.29, 1.82) is 0 Å². The summed E-state index contributed by atoms with van der Waals surface area (Å²) in [5.74, 6) is 1.16. The Morgan fingerprint density at radius 2 is 2.11 bits per heavy atom. The van der Waals surface area contributed by atoms with E-state index in [4.69, 9.17) is 15.2 Å². The molecule has 6 nitrogen and oxygen atoms in total. The summed E-state index contributed by atoms with van der Waals surface area (Å²) in [4.78, 5) is 4.14. The third kappa shape index (κ3) is 2.02. The van der Waals surface area contributed by atoms with Crippen molar-refractivity contribution < 1.29 is 9.47 Å². The number of rotatable bonds is 4. The van der Waals surface area contributed by atoms with E-state index in [-0.39, 0.29) is 0 Å². The quantitative estimate of drug-likeness (QED) is 0.869. The van der Waals surface area contributed by atoms with E-state index >= 15 is 0 Å². The largest absolute Gasteiger partial charge is 0.493 e. The van der Waals surface area contributed by atoms with Gasteiger partial charge in [0.1, 0.15) is 5.69 Å². The smallest absolute Gasteiger partial charge is 0.218 e. The molecule has 0 fully saturated rings. The van der Waals surface area contributed by atoms with Gasteiger partial charge in [-0.3, -0.25) is 4.68 Å². The van der Waals surface area contributed by atoms with E-state index in [2.05, 4.69) is 10.1 Å². The Kier molecular flexibility index (Phi) is 3.47. The molecule has 2 heterocycles. The van der Waals surface area contributed by atoms with Crippen LogP contribution in [0.1, 0.15) is 17.3 Å². The molecule has 1 atom stereocenters. The van der Waals surface area contributed by atoms with E-state index in [1.54, 1.807) is 31.3 Å². The highest BCUT2D eigenvalue weighted by atomic mass is 16.5. The average molecular weight is 248 g/mol. The maximum Gasteiger partial charge on any atom is 0.218 e. The highest BCUT2D eigenvalue weighted by molar-refractivity contribution is 5.39. The number of hydrogen-bond acceptors (Lipinski definition) is 5. The molecule has 0 aliphatic rings. The van der Waals surface area contributed by atoms with E-state index in [1.165, 1.54) is 0 Å². The number of methoxy groups -OCH3 is 2. The first-order chi connectivity index (χ1) is 8.69. The van der Waals surface area contributed by atoms with Crippen LogP contribution in [0.25, 0.3) is 0 Å². The molecular weight excluding hydrogens is 232 g/mol. The summed E-state index contributed by atoms with van der Waals surface area (Å²) < 4.78 is 12.2. The zero-order chi connectivity index (χ0) is 13.1. The van der Waals surface area contributed by atoms with Crippen LogP contribution in [-0.2, 0) is 7.05 Å². The van der Waals surface area contributed by atoms with Gasteiger partial charge in [0.15, 0.2) is 5.75 Å². The summed E-state index contributed by atoms with van der Waals surface area (Å²) in [6.07, 6.45) is 3.30. The van der Waals surface area contributed by atoms with Crippen LogP contribution in [0.5, 0.6) is 11.6 Å². The molecule has 0 saturated heterocycles. The van der Waals surface area contributed by atoms with E-state index < -0.39 is 6.04 Å². The molecule has 0 bridgehead atoms. The van der Waals surface area contributed by atoms with Crippen LogP contribution in [0.15, 0.2) is 24.5 Å². The predicted molar refractivity (Wildman–Crippen MR) is 66.6 cm³/mol. The highest BCUT2D eigenvalue weighted by Gasteiger charge is 2.22. The van der Waals surface area contributed by atoms with Crippen LogP contribution < -0.4 is 15.2 Å². The third-order valence-electron chi connectivity index (χ3n) is 2.79. The van der Waals surface area contributed by atoms with Crippen LogP contribution in [0.4, 0.5) is 0 Å². The number of ether oxygens (including phenoxy) is 2. The monoisotopic (exact) mass is 248 g/mol. The van der Waals surface area contributed by atoms with Crippen LogP contribution in [0, 0.1) is 0 Å². The van der Waals surface area contributed by atoms with Crippen LogP contribution in [-0.4, -0.2) is 29.0 Å². The molecule has 96 valence electrons. The molecule has 0 spiro atoms. The Morgan fingerprint density at radius 3 is 2.78 bits per heavy atom. The number of pyridine rings is 1. The van der Waals surface area contributed by atoms with Crippen molar-refractivity contribution in [1.82, 2.24) is 14.8 Å². The van der Waals surface area contributed by atoms with Gasteiger partial charge in [0.05, 0.1) is 26.5 Å². The molecule has 2 rings (SSSR count). The zero-order valence-electron chi connectivity index (χ0n) is 10.6. The van der Waals surface area contributed by atoms with Crippen molar-refractivity contribution in [3.05, 3.63) is 35.8 Å². The van der Waals surface area contributed by atoms with Crippen molar-refractivity contribution in [3.63, 3.8) is 0 Å². The molecule has 2 N–H and O–H groups in total. The molecule has 1 unspecified atom stereocenters. The maximum atomic E-state index is 6.25. The number of aryl methyl sites for hydroxylation is 1. The van der Waals surface area contributed by atoms with Crippen molar-refractivity contribution in [2.45, 2.75) is 6.04 Å². The summed E-state index contributed by atoms with van der Waals surface area (Å²) >= 11 is 0. The Morgan fingerprint density at radius 1 is 1.33 bits per heavy atom. The summed E-state index contributed by atoms with van der Waals surface area (Å²) in [5.41, 5.74) is 7.83. The summed E-state index contributed by atoms with van der Waals surface area (Å²) in [7, 11) is 4.98. The van der Waals surface area contributed by atoms with Gasteiger partial charge in [-0.25, -0.2) is 4.98 Å². The molecule has 18 heavy (non-hydrogen) atoms. The van der Waals surface area contributed by atoms with Gasteiger partial charge in [-0.15, -0.1) is 0 Å². The normalized spacial score (nSPS) is 12.2. The van der Waals surface area contributed by atoms with E-state index in [0.717, 1.165) is 11.3 Å². The van der Waals surface area contributed by atoms with Crippen molar-refractivity contribution in [2.24, 2.45) is 12.8 Å². The van der Waals surface area contributed by atoms with Gasteiger partial charge < -0.3 is 15.2 Å². The number of nitrogens with zero attached hydrogens (tertiary/aromatic N) is 3.